The van der Waals surface area contributed by atoms with Crippen LogP contribution in [-0.2, 0) is 9.84 Å². The van der Waals surface area contributed by atoms with Crippen molar-refractivity contribution in [3.8, 4) is 11.8 Å². The van der Waals surface area contributed by atoms with E-state index in [-0.39, 0.29) is 24.5 Å². The number of nitrogens with one attached hydrogen (secondary N) is 1. The Balaban J connectivity index is 2.77. The number of hydrogen-bond donors (Lipinski definition) is 2. The van der Waals surface area contributed by atoms with Gasteiger partial charge in [-0.1, -0.05) is 11.8 Å². The molecule has 1 heterocycles. The molecule has 0 aliphatic heterocycles. The van der Waals surface area contributed by atoms with Crippen molar-refractivity contribution in [3.63, 3.8) is 0 Å². The highest BCUT2D eigenvalue weighted by atomic mass is 32.2. The minimum atomic E-state index is -3.11. The fraction of sp³-hybridized carbons (Fsp3) is 0.333. The van der Waals surface area contributed by atoms with Gasteiger partial charge in [0.05, 0.1) is 17.9 Å². The highest BCUT2D eigenvalue weighted by Crippen LogP contribution is 2.03. The fourth-order valence-electron chi connectivity index (χ4n) is 1.27. The molecular formula is C12H15N3O3S. The first kappa shape index (κ1) is 15.1. The Morgan fingerprint density at radius 1 is 1.53 bits per heavy atom. The molecule has 1 aromatic heterocycles. The molecule has 0 atom stereocenters. The Morgan fingerprint density at radius 2 is 2.26 bits per heavy atom. The number of pyridine rings is 1. The number of aromatic nitrogens is 1. The van der Waals surface area contributed by atoms with Crippen LogP contribution in [0.15, 0.2) is 18.3 Å². The third kappa shape index (κ3) is 5.50. The molecule has 0 aromatic carbocycles. The van der Waals surface area contributed by atoms with Crippen LogP contribution in [0.25, 0.3) is 0 Å². The molecular weight excluding hydrogens is 266 g/mol. The number of hydrogen-bond acceptors (Lipinski definition) is 5. The van der Waals surface area contributed by atoms with Crippen molar-refractivity contribution < 1.29 is 13.2 Å². The molecule has 0 spiro atoms. The number of carbonyl (C=O) groups is 1. The Morgan fingerprint density at radius 3 is 2.89 bits per heavy atom. The zero-order chi connectivity index (χ0) is 14.3. The van der Waals surface area contributed by atoms with Gasteiger partial charge in [-0.05, 0) is 12.1 Å². The SMILES string of the molecule is CS(=O)(=O)CCNC(=O)c1ncccc1C#CCN. The van der Waals surface area contributed by atoms with Crippen molar-refractivity contribution >= 4 is 15.7 Å². The van der Waals surface area contributed by atoms with Gasteiger partial charge < -0.3 is 11.1 Å². The smallest absolute Gasteiger partial charge is 0.271 e. The number of carbonyl (C=O) groups excluding carboxylic acids is 1. The van der Waals surface area contributed by atoms with E-state index in [0.717, 1.165) is 6.26 Å². The largest absolute Gasteiger partial charge is 0.350 e. The first-order valence-electron chi connectivity index (χ1n) is 5.54. The topological polar surface area (TPSA) is 102 Å². The third-order valence-corrected chi connectivity index (χ3v) is 3.05. The first-order chi connectivity index (χ1) is 8.94. The molecule has 0 bridgehead atoms. The van der Waals surface area contributed by atoms with Crippen molar-refractivity contribution in [1.29, 1.82) is 0 Å². The van der Waals surface area contributed by atoms with E-state index >= 15 is 0 Å². The van der Waals surface area contributed by atoms with E-state index in [2.05, 4.69) is 22.1 Å². The summed E-state index contributed by atoms with van der Waals surface area (Å²) in [5.41, 5.74) is 5.90. The number of rotatable bonds is 4. The summed E-state index contributed by atoms with van der Waals surface area (Å²) in [5, 5.41) is 2.49. The molecule has 0 aliphatic rings. The summed E-state index contributed by atoms with van der Waals surface area (Å²) >= 11 is 0. The molecule has 0 fully saturated rings. The molecule has 1 amide bonds. The second-order valence-corrected chi connectivity index (χ2v) is 6.05. The summed E-state index contributed by atoms with van der Waals surface area (Å²) in [7, 11) is -3.11. The molecule has 1 rings (SSSR count). The van der Waals surface area contributed by atoms with Crippen LogP contribution in [0.3, 0.4) is 0 Å². The lowest BCUT2D eigenvalue weighted by molar-refractivity contribution is 0.0951. The number of amides is 1. The van der Waals surface area contributed by atoms with Crippen molar-refractivity contribution in [2.45, 2.75) is 0 Å². The number of nitrogens with two attached hydrogens (primary N) is 1. The summed E-state index contributed by atoms with van der Waals surface area (Å²) in [6.45, 7) is 0.224. The maximum absolute atomic E-state index is 11.8. The molecule has 7 heteroatoms. The number of nitrogens with zero attached hydrogens (tertiary/aromatic N) is 1. The first-order valence-corrected chi connectivity index (χ1v) is 7.60. The van der Waals surface area contributed by atoms with E-state index in [9.17, 15) is 13.2 Å². The normalized spacial score (nSPS) is 10.4. The quantitative estimate of drug-likeness (QED) is 0.701. The summed E-state index contributed by atoms with van der Waals surface area (Å²) in [5.74, 6) is 4.82. The molecule has 102 valence electrons. The van der Waals surface area contributed by atoms with E-state index in [1.807, 2.05) is 0 Å². The summed E-state index contributed by atoms with van der Waals surface area (Å²) in [6, 6.07) is 3.31. The van der Waals surface area contributed by atoms with Gasteiger partial charge in [-0.15, -0.1) is 0 Å². The van der Waals surface area contributed by atoms with Crippen LogP contribution < -0.4 is 11.1 Å². The predicted molar refractivity (Wildman–Crippen MR) is 72.2 cm³/mol. The van der Waals surface area contributed by atoms with Crippen molar-refractivity contribution in [1.82, 2.24) is 10.3 Å². The molecule has 6 nitrogen and oxygen atoms in total. The van der Waals surface area contributed by atoms with E-state index in [1.165, 1.54) is 6.20 Å². The monoisotopic (exact) mass is 281 g/mol. The van der Waals surface area contributed by atoms with E-state index in [1.54, 1.807) is 12.1 Å². The van der Waals surface area contributed by atoms with Crippen LogP contribution in [0.5, 0.6) is 0 Å². The average molecular weight is 281 g/mol. The lowest BCUT2D eigenvalue weighted by Crippen LogP contribution is -2.30. The van der Waals surface area contributed by atoms with Gasteiger partial charge in [0.25, 0.3) is 5.91 Å². The van der Waals surface area contributed by atoms with Gasteiger partial charge >= 0.3 is 0 Å². The summed E-state index contributed by atoms with van der Waals surface area (Å²) in [6.07, 6.45) is 2.58. The van der Waals surface area contributed by atoms with Gasteiger partial charge in [0, 0.05) is 19.0 Å². The van der Waals surface area contributed by atoms with E-state index in [0.29, 0.717) is 5.56 Å². The van der Waals surface area contributed by atoms with Crippen molar-refractivity contribution in [2.75, 3.05) is 25.1 Å². The van der Waals surface area contributed by atoms with Crippen LogP contribution >= 0.6 is 0 Å². The van der Waals surface area contributed by atoms with Crippen LogP contribution in [-0.4, -0.2) is 44.4 Å². The second kappa shape index (κ2) is 6.87. The molecule has 0 radical (unpaired) electrons. The van der Waals surface area contributed by atoms with Crippen LogP contribution in [0, 0.1) is 11.8 Å². The van der Waals surface area contributed by atoms with Crippen molar-refractivity contribution in [3.05, 3.63) is 29.6 Å². The second-order valence-electron chi connectivity index (χ2n) is 3.79. The lowest BCUT2D eigenvalue weighted by atomic mass is 10.2. The summed E-state index contributed by atoms with van der Waals surface area (Å²) in [4.78, 5) is 15.8. The van der Waals surface area contributed by atoms with Gasteiger partial charge in [0.2, 0.25) is 0 Å². The highest BCUT2D eigenvalue weighted by Gasteiger charge is 2.11. The third-order valence-electron chi connectivity index (χ3n) is 2.11. The zero-order valence-corrected chi connectivity index (χ0v) is 11.3. The minimum absolute atomic E-state index is 0.0397. The molecule has 3 N–H and O–H groups in total. The fourth-order valence-corrected chi connectivity index (χ4v) is 1.74. The molecule has 0 saturated carbocycles. The Labute approximate surface area is 112 Å². The Hall–Kier alpha value is -1.91. The summed E-state index contributed by atoms with van der Waals surface area (Å²) < 4.78 is 21.9. The van der Waals surface area contributed by atoms with Gasteiger partial charge in [0.1, 0.15) is 15.5 Å². The Bertz CT molecular complexity index is 615. The molecule has 0 unspecified atom stereocenters. The van der Waals surface area contributed by atoms with E-state index < -0.39 is 15.7 Å². The maximum atomic E-state index is 11.8. The Kier molecular flexibility index (Phi) is 5.48. The lowest BCUT2D eigenvalue weighted by Gasteiger charge is -2.05. The zero-order valence-electron chi connectivity index (χ0n) is 10.5. The number of sulfone groups is 1. The minimum Gasteiger partial charge on any atom is -0.350 e. The van der Waals surface area contributed by atoms with E-state index in [4.69, 9.17) is 5.73 Å². The predicted octanol–water partition coefficient (Wildman–Crippen LogP) is -0.834. The maximum Gasteiger partial charge on any atom is 0.271 e. The van der Waals surface area contributed by atoms with Gasteiger partial charge in [-0.2, -0.15) is 0 Å². The van der Waals surface area contributed by atoms with Crippen LogP contribution in [0.2, 0.25) is 0 Å². The molecule has 0 aliphatic carbocycles. The van der Waals surface area contributed by atoms with Crippen molar-refractivity contribution in [2.24, 2.45) is 5.73 Å². The standard InChI is InChI=1S/C12H15N3O3S/c1-19(17,18)9-8-15-12(16)11-10(4-2-6-13)5-3-7-14-11/h3,5,7H,6,8-9,13H2,1H3,(H,15,16). The molecule has 0 saturated heterocycles. The highest BCUT2D eigenvalue weighted by molar-refractivity contribution is 7.90. The van der Waals surface area contributed by atoms with Gasteiger partial charge in [-0.3, -0.25) is 4.79 Å². The van der Waals surface area contributed by atoms with Crippen LogP contribution in [0.4, 0.5) is 0 Å². The van der Waals surface area contributed by atoms with Gasteiger partial charge in [0.15, 0.2) is 0 Å². The average Bonchev–Trinajstić information content (AvgIpc) is 2.35. The van der Waals surface area contributed by atoms with Crippen LogP contribution in [0.1, 0.15) is 16.1 Å². The molecule has 1 aromatic rings. The molecule has 19 heavy (non-hydrogen) atoms. The van der Waals surface area contributed by atoms with Gasteiger partial charge in [-0.25, -0.2) is 13.4 Å².